The maximum atomic E-state index is 11.1. The Balaban J connectivity index is 1.86. The monoisotopic (exact) mass is 249 g/mol. The molecule has 0 spiro atoms. The molecule has 1 saturated carbocycles. The Bertz CT molecular complexity index is 396. The Labute approximate surface area is 107 Å². The summed E-state index contributed by atoms with van der Waals surface area (Å²) in [5.41, 5.74) is 0.891. The summed E-state index contributed by atoms with van der Waals surface area (Å²) in [4.78, 5) is 19.3. The third-order valence-electron chi connectivity index (χ3n) is 3.69. The summed E-state index contributed by atoms with van der Waals surface area (Å²) >= 11 is 0. The summed E-state index contributed by atoms with van der Waals surface area (Å²) in [6.07, 6.45) is 7.87. The number of rotatable bonds is 5. The van der Waals surface area contributed by atoms with Crippen molar-refractivity contribution >= 4 is 5.97 Å². The molecular formula is C13H19N3O2. The largest absolute Gasteiger partial charge is 0.481 e. The summed E-state index contributed by atoms with van der Waals surface area (Å²) in [5.74, 6) is -0.611. The van der Waals surface area contributed by atoms with E-state index in [9.17, 15) is 4.79 Å². The second-order valence-electron chi connectivity index (χ2n) is 4.90. The van der Waals surface area contributed by atoms with Crippen LogP contribution in [0.15, 0.2) is 18.6 Å². The first-order chi connectivity index (χ1) is 8.68. The topological polar surface area (TPSA) is 75.1 Å². The highest BCUT2D eigenvalue weighted by atomic mass is 16.4. The lowest BCUT2D eigenvalue weighted by molar-refractivity contribution is -0.142. The van der Waals surface area contributed by atoms with Crippen molar-refractivity contribution in [2.24, 2.45) is 11.8 Å². The highest BCUT2D eigenvalue weighted by Crippen LogP contribution is 2.31. The zero-order valence-corrected chi connectivity index (χ0v) is 10.5. The molecule has 1 aromatic heterocycles. The van der Waals surface area contributed by atoms with E-state index in [-0.39, 0.29) is 17.9 Å². The second-order valence-corrected chi connectivity index (χ2v) is 4.90. The van der Waals surface area contributed by atoms with Crippen molar-refractivity contribution in [3.05, 3.63) is 24.3 Å². The Hall–Kier alpha value is -1.49. The van der Waals surface area contributed by atoms with Gasteiger partial charge in [0.1, 0.15) is 0 Å². The second kappa shape index (κ2) is 5.91. The van der Waals surface area contributed by atoms with Gasteiger partial charge in [0, 0.05) is 24.6 Å². The smallest absolute Gasteiger partial charge is 0.306 e. The van der Waals surface area contributed by atoms with Crippen molar-refractivity contribution in [1.29, 1.82) is 0 Å². The third-order valence-corrected chi connectivity index (χ3v) is 3.69. The van der Waals surface area contributed by atoms with Gasteiger partial charge < -0.3 is 10.4 Å². The van der Waals surface area contributed by atoms with Gasteiger partial charge >= 0.3 is 5.97 Å². The molecule has 0 radical (unpaired) electrons. The quantitative estimate of drug-likeness (QED) is 0.829. The molecule has 0 bridgehead atoms. The summed E-state index contributed by atoms with van der Waals surface area (Å²) in [5, 5.41) is 12.5. The van der Waals surface area contributed by atoms with Crippen molar-refractivity contribution < 1.29 is 9.90 Å². The number of hydrogen-bond acceptors (Lipinski definition) is 4. The average Bonchev–Trinajstić information content (AvgIpc) is 2.85. The Morgan fingerprint density at radius 2 is 2.39 bits per heavy atom. The van der Waals surface area contributed by atoms with Gasteiger partial charge in [0.05, 0.1) is 11.6 Å². The predicted octanol–water partition coefficient (Wildman–Crippen LogP) is 1.63. The number of carboxylic acids is 1. The van der Waals surface area contributed by atoms with Crippen LogP contribution < -0.4 is 5.32 Å². The average molecular weight is 249 g/mol. The fourth-order valence-corrected chi connectivity index (χ4v) is 2.57. The van der Waals surface area contributed by atoms with Crippen LogP contribution in [0.4, 0.5) is 0 Å². The van der Waals surface area contributed by atoms with Crippen molar-refractivity contribution in [3.8, 4) is 0 Å². The first kappa shape index (κ1) is 13.0. The van der Waals surface area contributed by atoms with Crippen LogP contribution in [0.25, 0.3) is 0 Å². The van der Waals surface area contributed by atoms with Gasteiger partial charge in [0.25, 0.3) is 0 Å². The lowest BCUT2D eigenvalue weighted by atomic mass is 9.96. The van der Waals surface area contributed by atoms with Crippen LogP contribution in [-0.4, -0.2) is 27.6 Å². The van der Waals surface area contributed by atoms with Crippen LogP contribution in [0.2, 0.25) is 0 Å². The van der Waals surface area contributed by atoms with E-state index in [0.717, 1.165) is 31.5 Å². The molecule has 98 valence electrons. The number of hydrogen-bond donors (Lipinski definition) is 2. The number of carboxylic acid groups (broad SMARTS) is 1. The van der Waals surface area contributed by atoms with Gasteiger partial charge in [-0.15, -0.1) is 0 Å². The van der Waals surface area contributed by atoms with Crippen LogP contribution in [0.1, 0.15) is 37.9 Å². The number of nitrogens with one attached hydrogen (secondary N) is 1. The molecule has 5 nitrogen and oxygen atoms in total. The van der Waals surface area contributed by atoms with Crippen LogP contribution in [0.3, 0.4) is 0 Å². The molecule has 1 aromatic rings. The molecular weight excluding hydrogens is 230 g/mol. The number of carbonyl (C=O) groups is 1. The van der Waals surface area contributed by atoms with Crippen LogP contribution in [-0.2, 0) is 4.79 Å². The molecule has 2 rings (SSSR count). The maximum absolute atomic E-state index is 11.1. The Kier molecular flexibility index (Phi) is 4.25. The molecule has 18 heavy (non-hydrogen) atoms. The first-order valence-corrected chi connectivity index (χ1v) is 6.40. The molecule has 0 aromatic carbocycles. The molecule has 0 aliphatic heterocycles. The van der Waals surface area contributed by atoms with Crippen LogP contribution in [0, 0.1) is 11.8 Å². The van der Waals surface area contributed by atoms with Crippen molar-refractivity contribution in [1.82, 2.24) is 15.3 Å². The highest BCUT2D eigenvalue weighted by molar-refractivity contribution is 5.70. The maximum Gasteiger partial charge on any atom is 0.306 e. The molecule has 2 N–H and O–H groups in total. The lowest BCUT2D eigenvalue weighted by Crippen LogP contribution is -2.31. The van der Waals surface area contributed by atoms with E-state index in [1.54, 1.807) is 18.6 Å². The molecule has 3 atom stereocenters. The summed E-state index contributed by atoms with van der Waals surface area (Å²) in [6.45, 7) is 2.75. The van der Waals surface area contributed by atoms with E-state index < -0.39 is 5.97 Å². The van der Waals surface area contributed by atoms with E-state index in [4.69, 9.17) is 5.11 Å². The van der Waals surface area contributed by atoms with Gasteiger partial charge in [-0.2, -0.15) is 0 Å². The zero-order chi connectivity index (χ0) is 13.0. The minimum absolute atomic E-state index is 0.105. The normalized spacial score (nSPS) is 24.9. The van der Waals surface area contributed by atoms with Gasteiger partial charge in [0.15, 0.2) is 0 Å². The SMILES string of the molecule is CC(NCC1CCCC1C(=O)O)c1cnccn1. The molecule has 1 fully saturated rings. The van der Waals surface area contributed by atoms with Crippen molar-refractivity contribution in [3.63, 3.8) is 0 Å². The van der Waals surface area contributed by atoms with Gasteiger partial charge in [-0.3, -0.25) is 14.8 Å². The molecule has 0 saturated heterocycles. The van der Waals surface area contributed by atoms with Crippen LogP contribution >= 0.6 is 0 Å². The molecule has 1 aliphatic carbocycles. The molecule has 3 unspecified atom stereocenters. The predicted molar refractivity (Wildman–Crippen MR) is 66.9 cm³/mol. The van der Waals surface area contributed by atoms with E-state index >= 15 is 0 Å². The minimum atomic E-state index is -0.661. The number of aromatic nitrogens is 2. The molecule has 5 heteroatoms. The summed E-state index contributed by atoms with van der Waals surface area (Å²) in [6, 6.07) is 0.105. The number of aliphatic carboxylic acids is 1. The van der Waals surface area contributed by atoms with Gasteiger partial charge in [-0.1, -0.05) is 6.42 Å². The summed E-state index contributed by atoms with van der Waals surface area (Å²) in [7, 11) is 0. The fourth-order valence-electron chi connectivity index (χ4n) is 2.57. The van der Waals surface area contributed by atoms with Crippen molar-refractivity contribution in [2.75, 3.05) is 6.54 Å². The fraction of sp³-hybridized carbons (Fsp3) is 0.615. The Morgan fingerprint density at radius 1 is 1.56 bits per heavy atom. The molecule has 1 heterocycles. The standard InChI is InChI=1S/C13H19N3O2/c1-9(12-8-14-5-6-15-12)16-7-10-3-2-4-11(10)13(17)18/h5-6,8-11,16H,2-4,7H2,1H3,(H,17,18). The first-order valence-electron chi connectivity index (χ1n) is 6.40. The zero-order valence-electron chi connectivity index (χ0n) is 10.5. The van der Waals surface area contributed by atoms with E-state index in [1.165, 1.54) is 0 Å². The lowest BCUT2D eigenvalue weighted by Gasteiger charge is -2.19. The Morgan fingerprint density at radius 3 is 3.06 bits per heavy atom. The van der Waals surface area contributed by atoms with E-state index in [1.807, 2.05) is 6.92 Å². The summed E-state index contributed by atoms with van der Waals surface area (Å²) < 4.78 is 0. The van der Waals surface area contributed by atoms with E-state index in [0.29, 0.717) is 0 Å². The third kappa shape index (κ3) is 3.04. The van der Waals surface area contributed by atoms with E-state index in [2.05, 4.69) is 15.3 Å². The molecule has 0 amide bonds. The number of nitrogens with zero attached hydrogens (tertiary/aromatic N) is 2. The minimum Gasteiger partial charge on any atom is -0.481 e. The van der Waals surface area contributed by atoms with Gasteiger partial charge in [-0.25, -0.2) is 0 Å². The van der Waals surface area contributed by atoms with Crippen LogP contribution in [0.5, 0.6) is 0 Å². The molecule has 1 aliphatic rings. The van der Waals surface area contributed by atoms with Gasteiger partial charge in [0.2, 0.25) is 0 Å². The van der Waals surface area contributed by atoms with Gasteiger partial charge in [-0.05, 0) is 32.2 Å². The highest BCUT2D eigenvalue weighted by Gasteiger charge is 2.32. The van der Waals surface area contributed by atoms with Crippen molar-refractivity contribution in [2.45, 2.75) is 32.2 Å².